The van der Waals surface area contributed by atoms with Gasteiger partial charge in [-0.2, -0.15) is 0 Å². The molecule has 0 saturated carbocycles. The van der Waals surface area contributed by atoms with Crippen molar-refractivity contribution in [2.24, 2.45) is 0 Å². The quantitative estimate of drug-likeness (QED) is 0.631. The molecule has 2 aromatic heterocycles. The van der Waals surface area contributed by atoms with Gasteiger partial charge in [0.15, 0.2) is 5.78 Å². The molecular formula is C19H19N3O2S. The van der Waals surface area contributed by atoms with Crippen molar-refractivity contribution in [1.29, 1.82) is 0 Å². The van der Waals surface area contributed by atoms with E-state index in [0.29, 0.717) is 10.7 Å². The summed E-state index contributed by atoms with van der Waals surface area (Å²) < 4.78 is 0. The van der Waals surface area contributed by atoms with Crippen molar-refractivity contribution in [2.75, 3.05) is 0 Å². The van der Waals surface area contributed by atoms with E-state index in [1.165, 1.54) is 11.3 Å². The fourth-order valence-corrected chi connectivity index (χ4v) is 3.18. The van der Waals surface area contributed by atoms with Crippen LogP contribution in [0.25, 0.3) is 11.3 Å². The van der Waals surface area contributed by atoms with Gasteiger partial charge in [-0.05, 0) is 23.9 Å². The van der Waals surface area contributed by atoms with Gasteiger partial charge in [-0.3, -0.25) is 9.59 Å². The van der Waals surface area contributed by atoms with E-state index < -0.39 is 0 Å². The van der Waals surface area contributed by atoms with Gasteiger partial charge in [0.05, 0.1) is 22.8 Å². The van der Waals surface area contributed by atoms with Crippen LogP contribution in [0.1, 0.15) is 41.3 Å². The zero-order chi connectivity index (χ0) is 17.6. The summed E-state index contributed by atoms with van der Waals surface area (Å²) >= 11 is 1.40. The van der Waals surface area contributed by atoms with Crippen molar-refractivity contribution < 1.29 is 9.59 Å². The van der Waals surface area contributed by atoms with E-state index in [2.05, 4.69) is 15.3 Å². The first-order valence-corrected chi connectivity index (χ1v) is 8.98. The lowest BCUT2D eigenvalue weighted by molar-refractivity contribution is -0.121. The Kier molecular flexibility index (Phi) is 5.40. The fraction of sp³-hybridized carbons (Fsp3) is 0.211. The first-order chi connectivity index (χ1) is 12.1. The summed E-state index contributed by atoms with van der Waals surface area (Å²) in [6.07, 6.45) is 2.15. The van der Waals surface area contributed by atoms with Gasteiger partial charge in [-0.25, -0.2) is 4.98 Å². The Labute approximate surface area is 150 Å². The van der Waals surface area contributed by atoms with Crippen molar-refractivity contribution in [3.63, 3.8) is 0 Å². The Bertz CT molecular complexity index is 841. The van der Waals surface area contributed by atoms with Crippen LogP contribution in [0.4, 0.5) is 0 Å². The van der Waals surface area contributed by atoms with Crippen LogP contribution in [0.5, 0.6) is 0 Å². The maximum absolute atomic E-state index is 12.1. The lowest BCUT2D eigenvalue weighted by Gasteiger charge is -2.11. The number of aromatic amines is 1. The highest BCUT2D eigenvalue weighted by Gasteiger charge is 2.15. The van der Waals surface area contributed by atoms with Crippen LogP contribution in [-0.4, -0.2) is 21.7 Å². The third-order valence-electron chi connectivity index (χ3n) is 3.84. The molecule has 5 nitrogen and oxygen atoms in total. The Morgan fingerprint density at radius 1 is 1.16 bits per heavy atom. The first kappa shape index (κ1) is 17.1. The van der Waals surface area contributed by atoms with Gasteiger partial charge >= 0.3 is 0 Å². The monoisotopic (exact) mass is 353 g/mol. The lowest BCUT2D eigenvalue weighted by Crippen LogP contribution is -2.27. The Morgan fingerprint density at radius 2 is 1.96 bits per heavy atom. The molecule has 0 bridgehead atoms. The number of nitrogens with one attached hydrogen (secondary N) is 2. The lowest BCUT2D eigenvalue weighted by atomic mass is 10.2. The van der Waals surface area contributed by atoms with Crippen LogP contribution in [0, 0.1) is 0 Å². The number of hydrogen-bond donors (Lipinski definition) is 2. The number of Topliss-reactive ketones (excluding diaryl/α,β-unsaturated/α-hetero) is 1. The number of carbonyl (C=O) groups is 2. The molecule has 1 amide bonds. The van der Waals surface area contributed by atoms with Crippen molar-refractivity contribution in [2.45, 2.75) is 25.8 Å². The highest BCUT2D eigenvalue weighted by molar-refractivity contribution is 7.12. The SMILES string of the molecule is C[C@@H](NC(=O)CCC(=O)c1cccs1)c1ncc(-c2ccccc2)[nH]1. The number of carbonyl (C=O) groups excluding carboxylic acids is 2. The molecule has 3 aromatic rings. The zero-order valence-electron chi connectivity index (χ0n) is 13.9. The predicted octanol–water partition coefficient (Wildman–Crippen LogP) is 3.98. The molecule has 2 N–H and O–H groups in total. The Morgan fingerprint density at radius 3 is 2.68 bits per heavy atom. The Hall–Kier alpha value is -2.73. The molecule has 0 saturated heterocycles. The molecule has 0 aliphatic carbocycles. The minimum Gasteiger partial charge on any atom is -0.346 e. The predicted molar refractivity (Wildman–Crippen MR) is 98.5 cm³/mol. The van der Waals surface area contributed by atoms with Gasteiger partial charge in [-0.15, -0.1) is 11.3 Å². The molecule has 0 spiro atoms. The fourth-order valence-electron chi connectivity index (χ4n) is 2.49. The van der Waals surface area contributed by atoms with E-state index in [-0.39, 0.29) is 30.6 Å². The van der Waals surface area contributed by atoms with Crippen LogP contribution in [0.15, 0.2) is 54.0 Å². The van der Waals surface area contributed by atoms with E-state index >= 15 is 0 Å². The van der Waals surface area contributed by atoms with Crippen molar-refractivity contribution in [1.82, 2.24) is 15.3 Å². The number of H-pyrrole nitrogens is 1. The molecule has 0 aliphatic heterocycles. The second-order valence-corrected chi connectivity index (χ2v) is 6.69. The molecular weight excluding hydrogens is 334 g/mol. The molecule has 1 atom stereocenters. The van der Waals surface area contributed by atoms with Gasteiger partial charge in [0, 0.05) is 12.8 Å². The summed E-state index contributed by atoms with van der Waals surface area (Å²) in [6, 6.07) is 13.2. The van der Waals surface area contributed by atoms with Gasteiger partial charge in [0.1, 0.15) is 5.82 Å². The molecule has 0 unspecified atom stereocenters. The number of imidazole rings is 1. The molecule has 25 heavy (non-hydrogen) atoms. The molecule has 2 heterocycles. The first-order valence-electron chi connectivity index (χ1n) is 8.10. The van der Waals surface area contributed by atoms with Crippen LogP contribution >= 0.6 is 11.3 Å². The van der Waals surface area contributed by atoms with E-state index in [9.17, 15) is 9.59 Å². The average Bonchev–Trinajstić information content (AvgIpc) is 3.32. The minimum absolute atomic E-state index is 0.00201. The van der Waals surface area contributed by atoms with Crippen molar-refractivity contribution in [3.8, 4) is 11.3 Å². The summed E-state index contributed by atoms with van der Waals surface area (Å²) in [7, 11) is 0. The maximum Gasteiger partial charge on any atom is 0.221 e. The van der Waals surface area contributed by atoms with Crippen LogP contribution in [0.3, 0.4) is 0 Å². The van der Waals surface area contributed by atoms with Gasteiger partial charge in [0.2, 0.25) is 5.91 Å². The number of ketones is 1. The van der Waals surface area contributed by atoms with Gasteiger partial charge in [0.25, 0.3) is 0 Å². The highest BCUT2D eigenvalue weighted by Crippen LogP contribution is 2.19. The Balaban J connectivity index is 1.53. The summed E-state index contributed by atoms with van der Waals surface area (Å²) in [4.78, 5) is 32.3. The number of benzene rings is 1. The summed E-state index contributed by atoms with van der Waals surface area (Å²) in [6.45, 7) is 1.87. The van der Waals surface area contributed by atoms with Crippen LogP contribution < -0.4 is 5.32 Å². The number of aromatic nitrogens is 2. The molecule has 128 valence electrons. The van der Waals surface area contributed by atoms with Crippen LogP contribution in [0.2, 0.25) is 0 Å². The number of hydrogen-bond acceptors (Lipinski definition) is 4. The normalized spacial score (nSPS) is 11.9. The molecule has 3 rings (SSSR count). The minimum atomic E-state index is -0.248. The highest BCUT2D eigenvalue weighted by atomic mass is 32.1. The van der Waals surface area contributed by atoms with Gasteiger partial charge in [-0.1, -0.05) is 36.4 Å². The van der Waals surface area contributed by atoms with Crippen molar-refractivity contribution in [3.05, 3.63) is 64.7 Å². The van der Waals surface area contributed by atoms with E-state index in [1.807, 2.05) is 48.7 Å². The van der Waals surface area contributed by atoms with E-state index in [1.54, 1.807) is 12.3 Å². The second kappa shape index (κ2) is 7.90. The summed E-state index contributed by atoms with van der Waals surface area (Å²) in [5.41, 5.74) is 1.95. The largest absolute Gasteiger partial charge is 0.346 e. The number of nitrogens with zero attached hydrogens (tertiary/aromatic N) is 1. The summed E-state index contributed by atoms with van der Waals surface area (Å²) in [5, 5.41) is 4.74. The maximum atomic E-state index is 12.1. The molecule has 6 heteroatoms. The number of thiophene rings is 1. The summed E-state index contributed by atoms with van der Waals surface area (Å²) in [5.74, 6) is 0.536. The van der Waals surface area contributed by atoms with E-state index in [4.69, 9.17) is 0 Å². The number of amides is 1. The third-order valence-corrected chi connectivity index (χ3v) is 4.75. The number of rotatable bonds is 7. The topological polar surface area (TPSA) is 74.8 Å². The standard InChI is InChI=1S/C19H19N3O2S/c1-13(19-20-12-15(22-19)14-6-3-2-4-7-14)21-18(24)10-9-16(23)17-8-5-11-25-17/h2-8,11-13H,9-10H2,1H3,(H,20,22)(H,21,24)/t13-/m1/s1. The second-order valence-electron chi connectivity index (χ2n) is 5.74. The molecule has 0 radical (unpaired) electrons. The average molecular weight is 353 g/mol. The molecule has 1 aromatic carbocycles. The van der Waals surface area contributed by atoms with Gasteiger partial charge < -0.3 is 10.3 Å². The van der Waals surface area contributed by atoms with E-state index in [0.717, 1.165) is 11.3 Å². The van der Waals surface area contributed by atoms with Crippen LogP contribution in [-0.2, 0) is 4.79 Å². The zero-order valence-corrected chi connectivity index (χ0v) is 14.7. The third kappa shape index (κ3) is 4.42. The molecule has 0 aliphatic rings. The smallest absolute Gasteiger partial charge is 0.221 e. The molecule has 0 fully saturated rings. The van der Waals surface area contributed by atoms with Crippen molar-refractivity contribution >= 4 is 23.0 Å².